The number of ether oxygens (including phenoxy) is 1. The zero-order chi connectivity index (χ0) is 14.0. The minimum atomic E-state index is 0.0277. The van der Waals surface area contributed by atoms with Gasteiger partial charge < -0.3 is 4.74 Å². The Hall–Kier alpha value is -0.370. The molecule has 0 bridgehead atoms. The molecule has 1 heterocycles. The van der Waals surface area contributed by atoms with Gasteiger partial charge in [-0.05, 0) is 67.6 Å². The van der Waals surface area contributed by atoms with Gasteiger partial charge in [-0.1, -0.05) is 13.8 Å². The van der Waals surface area contributed by atoms with Crippen LogP contribution in [0.15, 0.2) is 0 Å². The third-order valence-corrected chi connectivity index (χ3v) is 7.80. The van der Waals surface area contributed by atoms with Crippen molar-refractivity contribution in [2.75, 3.05) is 13.2 Å². The lowest BCUT2D eigenvalue weighted by atomic mass is 9.47. The number of Topliss-reactive ketones (excluding diaryl/α,β-unsaturated/α-hetero) is 1. The third-order valence-electron chi connectivity index (χ3n) is 7.80. The fraction of sp³-hybridized carbons (Fsp3) is 0.944. The van der Waals surface area contributed by atoms with E-state index in [1.165, 1.54) is 25.7 Å². The predicted molar refractivity (Wildman–Crippen MR) is 78.3 cm³/mol. The highest BCUT2D eigenvalue weighted by atomic mass is 16.5. The van der Waals surface area contributed by atoms with Gasteiger partial charge in [-0.25, -0.2) is 0 Å². The van der Waals surface area contributed by atoms with Crippen LogP contribution in [0.2, 0.25) is 0 Å². The van der Waals surface area contributed by atoms with Crippen LogP contribution in [0, 0.1) is 34.5 Å². The standard InChI is InChI=1S/C18H28O2/c1-17-9-7-15-13(14(17)5-6-16(17)19)4-3-12-8-10-20-11-18(12,15)2/h12-15H,3-11H2,1-2H3. The lowest BCUT2D eigenvalue weighted by Gasteiger charge is -2.59. The van der Waals surface area contributed by atoms with Crippen molar-refractivity contribution in [3.63, 3.8) is 0 Å². The summed E-state index contributed by atoms with van der Waals surface area (Å²) >= 11 is 0. The van der Waals surface area contributed by atoms with E-state index in [0.717, 1.165) is 50.2 Å². The summed E-state index contributed by atoms with van der Waals surface area (Å²) in [6.45, 7) is 6.70. The smallest absolute Gasteiger partial charge is 0.139 e. The molecule has 3 saturated carbocycles. The van der Waals surface area contributed by atoms with Gasteiger partial charge in [-0.3, -0.25) is 4.79 Å². The number of fused-ring (bicyclic) bond motifs is 5. The Morgan fingerprint density at radius 1 is 1.05 bits per heavy atom. The molecule has 4 rings (SSSR count). The summed E-state index contributed by atoms with van der Waals surface area (Å²) in [5, 5.41) is 0. The summed E-state index contributed by atoms with van der Waals surface area (Å²) in [5.74, 6) is 3.72. The molecule has 112 valence electrons. The van der Waals surface area contributed by atoms with E-state index in [1.54, 1.807) is 0 Å². The molecule has 0 N–H and O–H groups in total. The highest BCUT2D eigenvalue weighted by Crippen LogP contribution is 2.63. The highest BCUT2D eigenvalue weighted by molar-refractivity contribution is 5.87. The topological polar surface area (TPSA) is 26.3 Å². The second kappa shape index (κ2) is 4.32. The summed E-state index contributed by atoms with van der Waals surface area (Å²) in [7, 11) is 0. The maximum Gasteiger partial charge on any atom is 0.139 e. The summed E-state index contributed by atoms with van der Waals surface area (Å²) < 4.78 is 5.88. The van der Waals surface area contributed by atoms with E-state index in [2.05, 4.69) is 13.8 Å². The second-order valence-corrected chi connectivity index (χ2v) is 8.42. The van der Waals surface area contributed by atoms with Gasteiger partial charge in [-0.15, -0.1) is 0 Å². The van der Waals surface area contributed by atoms with Gasteiger partial charge in [0.05, 0.1) is 6.61 Å². The van der Waals surface area contributed by atoms with Crippen molar-refractivity contribution in [1.29, 1.82) is 0 Å². The fourth-order valence-corrected chi connectivity index (χ4v) is 6.52. The number of hydrogen-bond donors (Lipinski definition) is 0. The molecule has 0 spiro atoms. The zero-order valence-electron chi connectivity index (χ0n) is 13.0. The van der Waals surface area contributed by atoms with Crippen LogP contribution >= 0.6 is 0 Å². The Bertz CT molecular complexity index is 431. The van der Waals surface area contributed by atoms with E-state index in [-0.39, 0.29) is 5.41 Å². The van der Waals surface area contributed by atoms with Crippen LogP contribution in [0.25, 0.3) is 0 Å². The first-order valence-corrected chi connectivity index (χ1v) is 8.67. The molecular formula is C18H28O2. The van der Waals surface area contributed by atoms with Crippen LogP contribution in [-0.2, 0) is 9.53 Å². The van der Waals surface area contributed by atoms with Gasteiger partial charge >= 0.3 is 0 Å². The molecule has 4 aliphatic rings. The predicted octanol–water partition coefficient (Wildman–Crippen LogP) is 3.83. The zero-order valence-corrected chi connectivity index (χ0v) is 13.0. The summed E-state index contributed by atoms with van der Waals surface area (Å²) in [6, 6.07) is 0. The Morgan fingerprint density at radius 3 is 2.75 bits per heavy atom. The van der Waals surface area contributed by atoms with E-state index >= 15 is 0 Å². The van der Waals surface area contributed by atoms with Crippen LogP contribution in [0.5, 0.6) is 0 Å². The molecule has 0 aromatic carbocycles. The van der Waals surface area contributed by atoms with Gasteiger partial charge in [-0.2, -0.15) is 0 Å². The quantitative estimate of drug-likeness (QED) is 0.672. The number of ketones is 1. The normalized spacial score (nSPS) is 55.0. The molecule has 1 saturated heterocycles. The van der Waals surface area contributed by atoms with Gasteiger partial charge in [0.15, 0.2) is 0 Å². The van der Waals surface area contributed by atoms with Crippen molar-refractivity contribution < 1.29 is 9.53 Å². The molecule has 3 aliphatic carbocycles. The maximum atomic E-state index is 12.3. The molecule has 0 amide bonds. The second-order valence-electron chi connectivity index (χ2n) is 8.42. The van der Waals surface area contributed by atoms with Crippen molar-refractivity contribution in [3.8, 4) is 0 Å². The molecule has 0 radical (unpaired) electrons. The molecule has 4 fully saturated rings. The van der Waals surface area contributed by atoms with Crippen LogP contribution in [0.1, 0.15) is 58.8 Å². The molecule has 6 unspecified atom stereocenters. The molecule has 0 aromatic rings. The maximum absolute atomic E-state index is 12.3. The average molecular weight is 276 g/mol. The minimum Gasteiger partial charge on any atom is -0.381 e. The van der Waals surface area contributed by atoms with E-state index in [9.17, 15) is 4.79 Å². The van der Waals surface area contributed by atoms with Gasteiger partial charge in [0.25, 0.3) is 0 Å². The molecule has 1 aliphatic heterocycles. The first kappa shape index (κ1) is 13.3. The molecule has 2 nitrogen and oxygen atoms in total. The highest BCUT2D eigenvalue weighted by Gasteiger charge is 2.59. The van der Waals surface area contributed by atoms with Gasteiger partial charge in [0.2, 0.25) is 0 Å². The Labute approximate surface area is 122 Å². The van der Waals surface area contributed by atoms with E-state index in [0.29, 0.717) is 17.1 Å². The lowest BCUT2D eigenvalue weighted by Crippen LogP contribution is -2.55. The van der Waals surface area contributed by atoms with Gasteiger partial charge in [0, 0.05) is 18.4 Å². The summed E-state index contributed by atoms with van der Waals surface area (Å²) in [4.78, 5) is 12.3. The summed E-state index contributed by atoms with van der Waals surface area (Å²) in [6.07, 6.45) is 8.43. The molecule has 20 heavy (non-hydrogen) atoms. The molecular weight excluding hydrogens is 248 g/mol. The van der Waals surface area contributed by atoms with Crippen molar-refractivity contribution in [1.82, 2.24) is 0 Å². The van der Waals surface area contributed by atoms with Gasteiger partial charge in [0.1, 0.15) is 5.78 Å². The molecule has 6 atom stereocenters. The van der Waals surface area contributed by atoms with Crippen molar-refractivity contribution in [2.45, 2.75) is 58.8 Å². The van der Waals surface area contributed by atoms with Crippen LogP contribution in [0.4, 0.5) is 0 Å². The van der Waals surface area contributed by atoms with E-state index in [1.807, 2.05) is 0 Å². The van der Waals surface area contributed by atoms with E-state index in [4.69, 9.17) is 4.74 Å². The summed E-state index contributed by atoms with van der Waals surface area (Å²) in [5.41, 5.74) is 0.425. The van der Waals surface area contributed by atoms with E-state index < -0.39 is 0 Å². The van der Waals surface area contributed by atoms with Crippen LogP contribution in [0.3, 0.4) is 0 Å². The van der Waals surface area contributed by atoms with Crippen LogP contribution < -0.4 is 0 Å². The first-order valence-electron chi connectivity index (χ1n) is 8.67. The lowest BCUT2D eigenvalue weighted by molar-refractivity contribution is -0.157. The minimum absolute atomic E-state index is 0.0277. The Morgan fingerprint density at radius 2 is 1.90 bits per heavy atom. The molecule has 2 heteroatoms. The molecule has 0 aromatic heterocycles. The van der Waals surface area contributed by atoms with Crippen molar-refractivity contribution in [2.24, 2.45) is 34.5 Å². The monoisotopic (exact) mass is 276 g/mol. The number of hydrogen-bond acceptors (Lipinski definition) is 2. The SMILES string of the molecule is CC12CCC3C(CCC4CCOCC43C)C1CCC2=O. The average Bonchev–Trinajstić information content (AvgIpc) is 2.74. The Kier molecular flexibility index (Phi) is 2.87. The van der Waals surface area contributed by atoms with Crippen molar-refractivity contribution in [3.05, 3.63) is 0 Å². The van der Waals surface area contributed by atoms with Crippen LogP contribution in [-0.4, -0.2) is 19.0 Å². The fourth-order valence-electron chi connectivity index (χ4n) is 6.52. The number of rotatable bonds is 0. The Balaban J connectivity index is 1.66. The third kappa shape index (κ3) is 1.58. The number of carbonyl (C=O) groups is 1. The number of carbonyl (C=O) groups excluding carboxylic acids is 1. The van der Waals surface area contributed by atoms with Crippen molar-refractivity contribution >= 4 is 5.78 Å². The largest absolute Gasteiger partial charge is 0.381 e. The first-order chi connectivity index (χ1) is 9.56.